The summed E-state index contributed by atoms with van der Waals surface area (Å²) in [7, 11) is 3.20. The van der Waals surface area contributed by atoms with E-state index in [-0.39, 0.29) is 5.91 Å². The second-order valence-corrected chi connectivity index (χ2v) is 6.35. The number of amides is 1. The lowest BCUT2D eigenvalue weighted by Gasteiger charge is -2.19. The normalized spacial score (nSPS) is 15.8. The molecule has 1 amide bonds. The van der Waals surface area contributed by atoms with Crippen LogP contribution in [0.3, 0.4) is 0 Å². The van der Waals surface area contributed by atoms with Gasteiger partial charge in [-0.1, -0.05) is 18.9 Å². The second-order valence-electron chi connectivity index (χ2n) is 6.35. The van der Waals surface area contributed by atoms with Crippen molar-refractivity contribution in [2.45, 2.75) is 32.1 Å². The van der Waals surface area contributed by atoms with Gasteiger partial charge in [-0.25, -0.2) is 0 Å². The molecule has 0 radical (unpaired) electrons. The highest BCUT2D eigenvalue weighted by Crippen LogP contribution is 2.27. The standard InChI is InChI=1S/C20H30N2O3/c1-24-18-10-8-17(16-19(18)25-2)9-11-20(23)21-12-7-15-22-13-5-3-4-6-14-22/h8-11,16H,3-7,12-15H2,1-2H3,(H,21,23)/b11-9+. The van der Waals surface area contributed by atoms with Crippen molar-refractivity contribution >= 4 is 12.0 Å². The third-order valence-corrected chi connectivity index (χ3v) is 4.48. The third-order valence-electron chi connectivity index (χ3n) is 4.48. The molecule has 1 heterocycles. The molecule has 1 aromatic carbocycles. The van der Waals surface area contributed by atoms with Crippen LogP contribution in [0.2, 0.25) is 0 Å². The van der Waals surface area contributed by atoms with Gasteiger partial charge in [-0.05, 0) is 62.7 Å². The van der Waals surface area contributed by atoms with Crippen LogP contribution in [0.25, 0.3) is 6.08 Å². The van der Waals surface area contributed by atoms with Crippen molar-refractivity contribution in [2.24, 2.45) is 0 Å². The molecule has 1 aromatic rings. The van der Waals surface area contributed by atoms with E-state index < -0.39 is 0 Å². The number of ether oxygens (including phenoxy) is 2. The van der Waals surface area contributed by atoms with Crippen LogP contribution in [-0.4, -0.2) is 51.2 Å². The van der Waals surface area contributed by atoms with Crippen LogP contribution in [0.5, 0.6) is 11.5 Å². The molecule has 1 N–H and O–H groups in total. The molecule has 1 aliphatic rings. The largest absolute Gasteiger partial charge is 0.493 e. The minimum atomic E-state index is -0.0642. The summed E-state index contributed by atoms with van der Waals surface area (Å²) in [6.07, 6.45) is 9.67. The number of carbonyl (C=O) groups excluding carboxylic acids is 1. The Balaban J connectivity index is 1.71. The zero-order valence-electron chi connectivity index (χ0n) is 15.4. The number of rotatable bonds is 8. The minimum Gasteiger partial charge on any atom is -0.493 e. The SMILES string of the molecule is COc1ccc(/C=C/C(=O)NCCCN2CCCCCC2)cc1OC. The lowest BCUT2D eigenvalue weighted by atomic mass is 10.2. The summed E-state index contributed by atoms with van der Waals surface area (Å²) in [4.78, 5) is 14.4. The molecule has 1 fully saturated rings. The van der Waals surface area contributed by atoms with Crippen molar-refractivity contribution in [1.29, 1.82) is 0 Å². The highest BCUT2D eigenvalue weighted by atomic mass is 16.5. The van der Waals surface area contributed by atoms with Gasteiger partial charge in [0.15, 0.2) is 11.5 Å². The summed E-state index contributed by atoms with van der Waals surface area (Å²) in [6.45, 7) is 4.19. The van der Waals surface area contributed by atoms with Gasteiger partial charge in [0.25, 0.3) is 0 Å². The van der Waals surface area contributed by atoms with Gasteiger partial charge < -0.3 is 19.7 Å². The van der Waals surface area contributed by atoms with Crippen LogP contribution < -0.4 is 14.8 Å². The quantitative estimate of drug-likeness (QED) is 0.580. The summed E-state index contributed by atoms with van der Waals surface area (Å²) in [5.41, 5.74) is 0.900. The van der Waals surface area contributed by atoms with Crippen molar-refractivity contribution in [1.82, 2.24) is 10.2 Å². The number of carbonyl (C=O) groups is 1. The Bertz CT molecular complexity index is 564. The zero-order valence-corrected chi connectivity index (χ0v) is 15.4. The zero-order chi connectivity index (χ0) is 17.9. The van der Waals surface area contributed by atoms with Gasteiger partial charge >= 0.3 is 0 Å². The fourth-order valence-corrected chi connectivity index (χ4v) is 3.06. The monoisotopic (exact) mass is 346 g/mol. The number of likely N-dealkylation sites (tertiary alicyclic amines) is 1. The molecule has 1 saturated heterocycles. The van der Waals surface area contributed by atoms with Crippen molar-refractivity contribution in [3.63, 3.8) is 0 Å². The maximum Gasteiger partial charge on any atom is 0.243 e. The summed E-state index contributed by atoms with van der Waals surface area (Å²) in [5, 5.41) is 2.95. The van der Waals surface area contributed by atoms with Crippen LogP contribution >= 0.6 is 0 Å². The molecule has 0 unspecified atom stereocenters. The summed E-state index contributed by atoms with van der Waals surface area (Å²) < 4.78 is 10.5. The van der Waals surface area contributed by atoms with Gasteiger partial charge in [-0.2, -0.15) is 0 Å². The summed E-state index contributed by atoms with van der Waals surface area (Å²) in [5.74, 6) is 1.27. The Labute approximate surface area is 151 Å². The summed E-state index contributed by atoms with van der Waals surface area (Å²) in [6, 6.07) is 5.57. The van der Waals surface area contributed by atoms with E-state index >= 15 is 0 Å². The lowest BCUT2D eigenvalue weighted by Crippen LogP contribution is -2.30. The van der Waals surface area contributed by atoms with E-state index in [4.69, 9.17) is 9.47 Å². The number of hydrogen-bond donors (Lipinski definition) is 1. The molecule has 0 atom stereocenters. The minimum absolute atomic E-state index is 0.0642. The number of nitrogens with one attached hydrogen (secondary N) is 1. The van der Waals surface area contributed by atoms with Gasteiger partial charge in [0.2, 0.25) is 5.91 Å². The number of nitrogens with zero attached hydrogens (tertiary/aromatic N) is 1. The van der Waals surface area contributed by atoms with Crippen molar-refractivity contribution in [2.75, 3.05) is 40.4 Å². The number of benzene rings is 1. The molecule has 0 saturated carbocycles. The number of hydrogen-bond acceptors (Lipinski definition) is 4. The average molecular weight is 346 g/mol. The first-order valence-electron chi connectivity index (χ1n) is 9.13. The first-order chi connectivity index (χ1) is 12.2. The van der Waals surface area contributed by atoms with Crippen LogP contribution in [-0.2, 0) is 4.79 Å². The molecular formula is C20H30N2O3. The predicted molar refractivity (Wildman–Crippen MR) is 101 cm³/mol. The van der Waals surface area contributed by atoms with Crippen LogP contribution in [0.4, 0.5) is 0 Å². The van der Waals surface area contributed by atoms with E-state index in [2.05, 4.69) is 10.2 Å². The van der Waals surface area contributed by atoms with E-state index in [1.54, 1.807) is 26.4 Å². The van der Waals surface area contributed by atoms with Crippen molar-refractivity contribution < 1.29 is 14.3 Å². The Hall–Kier alpha value is -2.01. The van der Waals surface area contributed by atoms with E-state index in [1.165, 1.54) is 38.8 Å². The van der Waals surface area contributed by atoms with Crippen molar-refractivity contribution in [3.8, 4) is 11.5 Å². The average Bonchev–Trinajstić information content (AvgIpc) is 2.92. The maximum absolute atomic E-state index is 11.9. The molecular weight excluding hydrogens is 316 g/mol. The molecule has 5 heteroatoms. The Morgan fingerprint density at radius 3 is 2.52 bits per heavy atom. The molecule has 0 spiro atoms. The van der Waals surface area contributed by atoms with Crippen LogP contribution in [0.15, 0.2) is 24.3 Å². The van der Waals surface area contributed by atoms with Gasteiger partial charge in [-0.15, -0.1) is 0 Å². The Kier molecular flexibility index (Phi) is 8.32. The molecule has 2 rings (SSSR count). The van der Waals surface area contributed by atoms with Crippen LogP contribution in [0.1, 0.15) is 37.7 Å². The molecule has 5 nitrogen and oxygen atoms in total. The van der Waals surface area contributed by atoms with Gasteiger partial charge in [0, 0.05) is 12.6 Å². The van der Waals surface area contributed by atoms with Crippen LogP contribution in [0, 0.1) is 0 Å². The highest BCUT2D eigenvalue weighted by molar-refractivity contribution is 5.91. The first kappa shape index (κ1) is 19.3. The fraction of sp³-hybridized carbons (Fsp3) is 0.550. The third kappa shape index (κ3) is 6.78. The second kappa shape index (κ2) is 10.8. The van der Waals surface area contributed by atoms with E-state index in [9.17, 15) is 4.79 Å². The molecule has 25 heavy (non-hydrogen) atoms. The molecule has 1 aliphatic heterocycles. The molecule has 138 valence electrons. The molecule has 0 aromatic heterocycles. The van der Waals surface area contributed by atoms with E-state index in [1.807, 2.05) is 18.2 Å². The summed E-state index contributed by atoms with van der Waals surface area (Å²) >= 11 is 0. The van der Waals surface area contributed by atoms with Crippen molar-refractivity contribution in [3.05, 3.63) is 29.8 Å². The van der Waals surface area contributed by atoms with E-state index in [0.717, 1.165) is 18.5 Å². The Morgan fingerprint density at radius 1 is 1.12 bits per heavy atom. The topological polar surface area (TPSA) is 50.8 Å². The predicted octanol–water partition coefficient (Wildman–Crippen LogP) is 3.10. The van der Waals surface area contributed by atoms with Gasteiger partial charge in [-0.3, -0.25) is 4.79 Å². The van der Waals surface area contributed by atoms with E-state index in [0.29, 0.717) is 18.0 Å². The highest BCUT2D eigenvalue weighted by Gasteiger charge is 2.08. The Morgan fingerprint density at radius 2 is 1.84 bits per heavy atom. The first-order valence-corrected chi connectivity index (χ1v) is 9.13. The van der Waals surface area contributed by atoms with Gasteiger partial charge in [0.05, 0.1) is 14.2 Å². The lowest BCUT2D eigenvalue weighted by molar-refractivity contribution is -0.116. The van der Waals surface area contributed by atoms with Gasteiger partial charge in [0.1, 0.15) is 0 Å². The smallest absolute Gasteiger partial charge is 0.243 e. The fourth-order valence-electron chi connectivity index (χ4n) is 3.06. The molecule has 0 bridgehead atoms. The number of methoxy groups -OCH3 is 2. The molecule has 0 aliphatic carbocycles. The maximum atomic E-state index is 11.9.